The molecular weight excluding hydrogens is 337 g/mol. The van der Waals surface area contributed by atoms with Gasteiger partial charge in [-0.25, -0.2) is 0 Å². The molecule has 0 saturated heterocycles. The number of rotatable bonds is 4. The van der Waals surface area contributed by atoms with Crippen molar-refractivity contribution in [3.05, 3.63) is 47.8 Å². The van der Waals surface area contributed by atoms with Gasteiger partial charge in [0.2, 0.25) is 5.88 Å². The van der Waals surface area contributed by atoms with Gasteiger partial charge >= 0.3 is 6.18 Å². The maximum absolute atomic E-state index is 12.9. The number of ether oxygens (including phenoxy) is 2. The van der Waals surface area contributed by atoms with Crippen LogP contribution in [0.3, 0.4) is 0 Å². The second kappa shape index (κ2) is 6.42. The third kappa shape index (κ3) is 3.39. The molecule has 1 aromatic carbocycles. The van der Waals surface area contributed by atoms with Crippen molar-refractivity contribution in [3.63, 3.8) is 0 Å². The highest BCUT2D eigenvalue weighted by Crippen LogP contribution is 2.33. The number of benzene rings is 1. The van der Waals surface area contributed by atoms with Crippen molar-refractivity contribution in [1.29, 1.82) is 0 Å². The molecule has 3 rings (SSSR count). The van der Waals surface area contributed by atoms with Gasteiger partial charge in [-0.1, -0.05) is 18.2 Å². The zero-order chi connectivity index (χ0) is 18.0. The van der Waals surface area contributed by atoms with Gasteiger partial charge in [0.15, 0.2) is 17.1 Å². The lowest BCUT2D eigenvalue weighted by Gasteiger charge is -2.11. The van der Waals surface area contributed by atoms with Crippen molar-refractivity contribution < 1.29 is 22.6 Å². The fourth-order valence-corrected chi connectivity index (χ4v) is 2.18. The molecule has 0 unspecified atom stereocenters. The molecule has 3 aromatic rings. The minimum atomic E-state index is -4.67. The van der Waals surface area contributed by atoms with Gasteiger partial charge in [-0.15, -0.1) is 15.3 Å². The molecule has 0 aliphatic rings. The fourth-order valence-electron chi connectivity index (χ4n) is 2.18. The number of allylic oxidation sites excluding steroid dienone is 1. The van der Waals surface area contributed by atoms with Gasteiger partial charge in [0, 0.05) is 6.07 Å². The van der Waals surface area contributed by atoms with E-state index in [9.17, 15) is 13.2 Å². The zero-order valence-corrected chi connectivity index (χ0v) is 13.3. The van der Waals surface area contributed by atoms with Gasteiger partial charge in [-0.05, 0) is 30.7 Å². The first-order valence-electron chi connectivity index (χ1n) is 7.20. The Bertz CT molecular complexity index is 935. The zero-order valence-electron chi connectivity index (χ0n) is 13.3. The molecule has 2 aromatic heterocycles. The van der Waals surface area contributed by atoms with Crippen molar-refractivity contribution in [2.45, 2.75) is 13.1 Å². The van der Waals surface area contributed by atoms with Gasteiger partial charge in [0.05, 0.1) is 7.11 Å². The standard InChI is InChI=1S/C16H13F3N4O2/c1-3-4-10-5-6-11(12(9-10)24-2)25-14-8-7-13-20-21-15(16(17,18)19)23(13)22-14/h3-9H,1-2H3/b4-3-. The summed E-state index contributed by atoms with van der Waals surface area (Å²) >= 11 is 0. The van der Waals surface area contributed by atoms with Gasteiger partial charge in [-0.2, -0.15) is 17.7 Å². The molecule has 0 fully saturated rings. The Kier molecular flexibility index (Phi) is 4.30. The Labute approximate surface area is 140 Å². The SMILES string of the molecule is C/C=C\c1ccc(Oc2ccc3nnc(C(F)(F)F)n3n2)c(OC)c1. The number of alkyl halides is 3. The Balaban J connectivity index is 1.98. The maximum atomic E-state index is 12.9. The molecule has 9 heteroatoms. The van der Waals surface area contributed by atoms with Crippen LogP contribution >= 0.6 is 0 Å². The lowest BCUT2D eigenvalue weighted by molar-refractivity contribution is -0.146. The van der Waals surface area contributed by atoms with Crippen molar-refractivity contribution >= 4 is 11.7 Å². The summed E-state index contributed by atoms with van der Waals surface area (Å²) in [5.74, 6) is -0.514. The van der Waals surface area contributed by atoms with E-state index in [0.717, 1.165) is 5.56 Å². The number of methoxy groups -OCH3 is 1. The summed E-state index contributed by atoms with van der Waals surface area (Å²) in [6, 6.07) is 7.93. The summed E-state index contributed by atoms with van der Waals surface area (Å²) in [7, 11) is 1.47. The number of hydrogen-bond donors (Lipinski definition) is 0. The van der Waals surface area contributed by atoms with Crippen LogP contribution in [-0.4, -0.2) is 26.9 Å². The lowest BCUT2D eigenvalue weighted by atomic mass is 10.2. The molecule has 0 radical (unpaired) electrons. The predicted octanol–water partition coefficient (Wildman–Crippen LogP) is 3.98. The smallest absolute Gasteiger partial charge is 0.453 e. The third-order valence-electron chi connectivity index (χ3n) is 3.25. The molecular formula is C16H13F3N4O2. The average molecular weight is 350 g/mol. The van der Waals surface area contributed by atoms with Crippen LogP contribution in [0.25, 0.3) is 11.7 Å². The van der Waals surface area contributed by atoms with Crippen LogP contribution in [0.5, 0.6) is 17.4 Å². The number of halogens is 3. The quantitative estimate of drug-likeness (QED) is 0.712. The highest BCUT2D eigenvalue weighted by Gasteiger charge is 2.37. The summed E-state index contributed by atoms with van der Waals surface area (Å²) in [4.78, 5) is 0. The molecule has 0 N–H and O–H groups in total. The van der Waals surface area contributed by atoms with Crippen LogP contribution in [0.4, 0.5) is 13.2 Å². The van der Waals surface area contributed by atoms with Crippen LogP contribution in [0.15, 0.2) is 36.4 Å². The van der Waals surface area contributed by atoms with Crippen molar-refractivity contribution in [3.8, 4) is 17.4 Å². The average Bonchev–Trinajstić information content (AvgIpc) is 3.00. The van der Waals surface area contributed by atoms with E-state index < -0.39 is 12.0 Å². The van der Waals surface area contributed by atoms with Crippen molar-refractivity contribution in [2.75, 3.05) is 7.11 Å². The van der Waals surface area contributed by atoms with E-state index in [1.54, 1.807) is 18.2 Å². The lowest BCUT2D eigenvalue weighted by Crippen LogP contribution is -2.12. The van der Waals surface area contributed by atoms with E-state index in [-0.39, 0.29) is 11.5 Å². The monoisotopic (exact) mass is 350 g/mol. The van der Waals surface area contributed by atoms with Gasteiger partial charge < -0.3 is 9.47 Å². The molecule has 25 heavy (non-hydrogen) atoms. The van der Waals surface area contributed by atoms with Crippen LogP contribution in [0.2, 0.25) is 0 Å². The number of nitrogens with zero attached hydrogens (tertiary/aromatic N) is 4. The highest BCUT2D eigenvalue weighted by molar-refractivity contribution is 5.56. The van der Waals surface area contributed by atoms with Gasteiger partial charge in [0.1, 0.15) is 0 Å². The second-order valence-electron chi connectivity index (χ2n) is 4.98. The highest BCUT2D eigenvalue weighted by atomic mass is 19.4. The molecule has 0 bridgehead atoms. The first kappa shape index (κ1) is 16.7. The van der Waals surface area contributed by atoms with Crippen LogP contribution in [0.1, 0.15) is 18.3 Å². The van der Waals surface area contributed by atoms with E-state index in [2.05, 4.69) is 15.3 Å². The summed E-state index contributed by atoms with van der Waals surface area (Å²) in [5.41, 5.74) is 0.864. The van der Waals surface area contributed by atoms with E-state index in [1.807, 2.05) is 19.1 Å². The molecule has 6 nitrogen and oxygen atoms in total. The Morgan fingerprint density at radius 2 is 1.88 bits per heavy atom. The van der Waals surface area contributed by atoms with E-state index in [0.29, 0.717) is 16.0 Å². The Morgan fingerprint density at radius 1 is 1.08 bits per heavy atom. The molecule has 0 saturated carbocycles. The fraction of sp³-hybridized carbons (Fsp3) is 0.188. The van der Waals surface area contributed by atoms with Crippen LogP contribution < -0.4 is 9.47 Å². The summed E-state index contributed by atoms with van der Waals surface area (Å²) in [6.45, 7) is 1.88. The minimum absolute atomic E-state index is 0.0323. The Hall–Kier alpha value is -3.10. The topological polar surface area (TPSA) is 61.5 Å². The maximum Gasteiger partial charge on any atom is 0.453 e. The largest absolute Gasteiger partial charge is 0.493 e. The first-order valence-corrected chi connectivity index (χ1v) is 7.20. The summed E-state index contributed by atoms with van der Waals surface area (Å²) in [6.07, 6.45) is -0.921. The number of aromatic nitrogens is 4. The van der Waals surface area contributed by atoms with Crippen molar-refractivity contribution in [2.24, 2.45) is 0 Å². The molecule has 0 aliphatic carbocycles. The van der Waals surface area contributed by atoms with E-state index >= 15 is 0 Å². The molecule has 0 aliphatic heterocycles. The Morgan fingerprint density at radius 3 is 2.56 bits per heavy atom. The molecule has 0 atom stereocenters. The van der Waals surface area contributed by atoms with Crippen LogP contribution in [0, 0.1) is 0 Å². The summed E-state index contributed by atoms with van der Waals surface area (Å²) < 4.78 is 50.2. The predicted molar refractivity (Wildman–Crippen MR) is 83.6 cm³/mol. The van der Waals surface area contributed by atoms with E-state index in [4.69, 9.17) is 9.47 Å². The molecule has 0 amide bonds. The third-order valence-corrected chi connectivity index (χ3v) is 3.25. The molecule has 0 spiro atoms. The van der Waals surface area contributed by atoms with Crippen molar-refractivity contribution in [1.82, 2.24) is 19.8 Å². The van der Waals surface area contributed by atoms with Gasteiger partial charge in [0.25, 0.3) is 5.82 Å². The van der Waals surface area contributed by atoms with Crippen LogP contribution in [-0.2, 0) is 6.18 Å². The van der Waals surface area contributed by atoms with Gasteiger partial charge in [-0.3, -0.25) is 0 Å². The van der Waals surface area contributed by atoms with E-state index in [1.165, 1.54) is 19.2 Å². The minimum Gasteiger partial charge on any atom is -0.493 e. The molecule has 2 heterocycles. The summed E-state index contributed by atoms with van der Waals surface area (Å²) in [5, 5.41) is 10.4. The second-order valence-corrected chi connectivity index (χ2v) is 4.98. The normalized spacial score (nSPS) is 12.0. The number of fused-ring (bicyclic) bond motifs is 1. The first-order chi connectivity index (χ1) is 11.9. The molecule has 130 valence electrons. The number of hydrogen-bond acceptors (Lipinski definition) is 5.